The predicted molar refractivity (Wildman–Crippen MR) is 92.6 cm³/mol. The first-order chi connectivity index (χ1) is 11.2. The quantitative estimate of drug-likeness (QED) is 0.771. The van der Waals surface area contributed by atoms with E-state index in [2.05, 4.69) is 29.7 Å². The minimum Gasteiger partial charge on any atom is -0.368 e. The fourth-order valence-corrected chi connectivity index (χ4v) is 3.14. The van der Waals surface area contributed by atoms with Gasteiger partial charge in [-0.05, 0) is 18.2 Å². The molecule has 0 radical (unpaired) electrons. The third kappa shape index (κ3) is 2.68. The van der Waals surface area contributed by atoms with Crippen molar-refractivity contribution in [1.82, 2.24) is 19.9 Å². The van der Waals surface area contributed by atoms with Crippen LogP contribution in [-0.4, -0.2) is 46.1 Å². The summed E-state index contributed by atoms with van der Waals surface area (Å²) in [5.41, 5.74) is 2.67. The summed E-state index contributed by atoms with van der Waals surface area (Å²) in [7, 11) is 0. The molecule has 1 aliphatic heterocycles. The molecule has 0 atom stereocenters. The summed E-state index contributed by atoms with van der Waals surface area (Å²) in [6.07, 6.45) is 3.21. The highest BCUT2D eigenvalue weighted by molar-refractivity contribution is 6.42. The summed E-state index contributed by atoms with van der Waals surface area (Å²) in [6.45, 7) is 3.51. The third-order valence-electron chi connectivity index (χ3n) is 4.05. The number of H-pyrrole nitrogens is 1. The van der Waals surface area contributed by atoms with Gasteiger partial charge in [-0.15, -0.1) is 0 Å². The molecule has 0 spiro atoms. The van der Waals surface area contributed by atoms with Crippen molar-refractivity contribution in [3.05, 3.63) is 40.9 Å². The summed E-state index contributed by atoms with van der Waals surface area (Å²) in [6, 6.07) is 5.75. The van der Waals surface area contributed by atoms with Crippen molar-refractivity contribution in [2.75, 3.05) is 36.0 Å². The molecule has 1 saturated heterocycles. The summed E-state index contributed by atoms with van der Waals surface area (Å²) >= 11 is 12.1. The van der Waals surface area contributed by atoms with Gasteiger partial charge in [-0.3, -0.25) is 0 Å². The number of aromatic amines is 1. The number of piperazine rings is 1. The molecule has 3 aromatic rings. The topological polar surface area (TPSA) is 60.9 Å². The zero-order valence-corrected chi connectivity index (χ0v) is 13.7. The molecule has 1 aliphatic rings. The van der Waals surface area contributed by atoms with Crippen molar-refractivity contribution in [3.8, 4) is 0 Å². The van der Waals surface area contributed by atoms with E-state index >= 15 is 0 Å². The predicted octanol–water partition coefficient (Wildman–Crippen LogP) is 2.99. The number of hydrogen-bond donors (Lipinski definition) is 1. The van der Waals surface area contributed by atoms with Crippen molar-refractivity contribution < 1.29 is 0 Å². The number of hydrogen-bond acceptors (Lipinski definition) is 5. The molecule has 0 amide bonds. The van der Waals surface area contributed by atoms with Crippen LogP contribution in [0, 0.1) is 0 Å². The molecule has 4 rings (SSSR count). The van der Waals surface area contributed by atoms with Crippen molar-refractivity contribution in [2.45, 2.75) is 0 Å². The van der Waals surface area contributed by atoms with E-state index in [4.69, 9.17) is 23.2 Å². The van der Waals surface area contributed by atoms with Gasteiger partial charge in [0.15, 0.2) is 11.5 Å². The number of halogens is 2. The number of aromatic nitrogens is 4. The molecular weight excluding hydrogens is 335 g/mol. The van der Waals surface area contributed by atoms with Crippen LogP contribution >= 0.6 is 23.2 Å². The Balaban J connectivity index is 1.52. The van der Waals surface area contributed by atoms with E-state index in [1.807, 2.05) is 18.2 Å². The van der Waals surface area contributed by atoms with Gasteiger partial charge in [-0.1, -0.05) is 23.2 Å². The van der Waals surface area contributed by atoms with Crippen molar-refractivity contribution in [1.29, 1.82) is 0 Å². The van der Waals surface area contributed by atoms with Crippen LogP contribution in [0.1, 0.15) is 0 Å². The Labute approximate surface area is 143 Å². The largest absolute Gasteiger partial charge is 0.368 e. The second-order valence-corrected chi connectivity index (χ2v) is 6.19. The number of anilines is 2. The van der Waals surface area contributed by atoms with Crippen molar-refractivity contribution in [3.63, 3.8) is 0 Å². The molecule has 1 fully saturated rings. The lowest BCUT2D eigenvalue weighted by molar-refractivity contribution is 0.648. The van der Waals surface area contributed by atoms with Gasteiger partial charge in [-0.25, -0.2) is 15.0 Å². The van der Waals surface area contributed by atoms with Gasteiger partial charge in [0.05, 0.1) is 16.4 Å². The third-order valence-corrected chi connectivity index (χ3v) is 4.79. The molecule has 23 heavy (non-hydrogen) atoms. The van der Waals surface area contributed by atoms with Crippen LogP contribution in [0.25, 0.3) is 11.2 Å². The maximum absolute atomic E-state index is 6.11. The maximum Gasteiger partial charge on any atom is 0.182 e. The molecule has 1 aromatic carbocycles. The van der Waals surface area contributed by atoms with Crippen LogP contribution in [0.15, 0.2) is 30.9 Å². The van der Waals surface area contributed by atoms with Crippen LogP contribution in [-0.2, 0) is 0 Å². The molecular formula is C15H14Cl2N6. The highest BCUT2D eigenvalue weighted by Gasteiger charge is 2.21. The van der Waals surface area contributed by atoms with Crippen molar-refractivity contribution in [2.24, 2.45) is 0 Å². The van der Waals surface area contributed by atoms with E-state index in [1.165, 1.54) is 0 Å². The molecule has 0 saturated carbocycles. The van der Waals surface area contributed by atoms with Crippen LogP contribution in [0.5, 0.6) is 0 Å². The van der Waals surface area contributed by atoms with E-state index in [0.717, 1.165) is 43.2 Å². The average molecular weight is 349 g/mol. The highest BCUT2D eigenvalue weighted by atomic mass is 35.5. The first kappa shape index (κ1) is 14.5. The second kappa shape index (κ2) is 5.86. The Morgan fingerprint density at radius 2 is 1.70 bits per heavy atom. The molecule has 8 heteroatoms. The number of nitrogens with one attached hydrogen (secondary N) is 1. The highest BCUT2D eigenvalue weighted by Crippen LogP contribution is 2.28. The van der Waals surface area contributed by atoms with Gasteiger partial charge in [0, 0.05) is 31.9 Å². The molecule has 3 heterocycles. The SMILES string of the molecule is Clc1ccc(N2CCN(c3ncnc4nc[nH]c34)CC2)cc1Cl. The van der Waals surface area contributed by atoms with Gasteiger partial charge in [-0.2, -0.15) is 0 Å². The monoisotopic (exact) mass is 348 g/mol. The van der Waals surface area contributed by atoms with Crippen molar-refractivity contribution >= 4 is 45.9 Å². The van der Waals surface area contributed by atoms with E-state index in [0.29, 0.717) is 15.7 Å². The lowest BCUT2D eigenvalue weighted by atomic mass is 10.2. The summed E-state index contributed by atoms with van der Waals surface area (Å²) < 4.78 is 0. The summed E-state index contributed by atoms with van der Waals surface area (Å²) in [4.78, 5) is 20.4. The number of benzene rings is 1. The fraction of sp³-hybridized carbons (Fsp3) is 0.267. The Morgan fingerprint density at radius 3 is 2.48 bits per heavy atom. The first-order valence-corrected chi connectivity index (χ1v) is 8.07. The van der Waals surface area contributed by atoms with Crippen LogP contribution in [0.3, 0.4) is 0 Å². The minimum atomic E-state index is 0.580. The van der Waals surface area contributed by atoms with Gasteiger partial charge >= 0.3 is 0 Å². The smallest absolute Gasteiger partial charge is 0.182 e. The van der Waals surface area contributed by atoms with Gasteiger partial charge in [0.1, 0.15) is 11.8 Å². The number of rotatable bonds is 2. The maximum atomic E-state index is 6.11. The standard InChI is InChI=1S/C15H14Cl2N6/c16-11-2-1-10(7-12(11)17)22-3-5-23(6-4-22)15-13-14(19-8-18-13)20-9-21-15/h1-2,7-9H,3-6H2,(H,18,19,20,21). The zero-order valence-electron chi connectivity index (χ0n) is 12.2. The first-order valence-electron chi connectivity index (χ1n) is 7.31. The van der Waals surface area contributed by atoms with Crippen LogP contribution in [0.4, 0.5) is 11.5 Å². The Morgan fingerprint density at radius 1 is 0.913 bits per heavy atom. The summed E-state index contributed by atoms with van der Waals surface area (Å²) in [5, 5.41) is 1.17. The normalized spacial score (nSPS) is 15.4. The van der Waals surface area contributed by atoms with E-state index in [-0.39, 0.29) is 0 Å². The lowest BCUT2D eigenvalue weighted by Gasteiger charge is -2.36. The lowest BCUT2D eigenvalue weighted by Crippen LogP contribution is -2.47. The van der Waals surface area contributed by atoms with Crippen LogP contribution < -0.4 is 9.80 Å². The fourth-order valence-electron chi connectivity index (χ4n) is 2.85. The average Bonchev–Trinajstić information content (AvgIpc) is 3.06. The molecule has 6 nitrogen and oxygen atoms in total. The zero-order chi connectivity index (χ0) is 15.8. The summed E-state index contributed by atoms with van der Waals surface area (Å²) in [5.74, 6) is 0.904. The minimum absolute atomic E-state index is 0.580. The van der Waals surface area contributed by atoms with Gasteiger partial charge < -0.3 is 14.8 Å². The van der Waals surface area contributed by atoms with Gasteiger partial charge in [0.25, 0.3) is 0 Å². The molecule has 0 aliphatic carbocycles. The Bertz CT molecular complexity index is 841. The van der Waals surface area contributed by atoms with E-state index in [9.17, 15) is 0 Å². The number of fused-ring (bicyclic) bond motifs is 1. The van der Waals surface area contributed by atoms with Crippen LogP contribution in [0.2, 0.25) is 10.0 Å². The number of nitrogens with zero attached hydrogens (tertiary/aromatic N) is 5. The molecule has 1 N–H and O–H groups in total. The Kier molecular flexibility index (Phi) is 3.71. The molecule has 0 unspecified atom stereocenters. The second-order valence-electron chi connectivity index (χ2n) is 5.37. The molecule has 0 bridgehead atoms. The Hall–Kier alpha value is -2.05. The van der Waals surface area contributed by atoms with E-state index < -0.39 is 0 Å². The molecule has 118 valence electrons. The van der Waals surface area contributed by atoms with E-state index in [1.54, 1.807) is 12.7 Å². The van der Waals surface area contributed by atoms with Gasteiger partial charge in [0.2, 0.25) is 0 Å². The molecule has 2 aromatic heterocycles. The number of imidazole rings is 1.